The molecular weight excluding hydrogens is 312 g/mol. The molecule has 2 aromatic rings. The predicted octanol–water partition coefficient (Wildman–Crippen LogP) is 1.75. The van der Waals surface area contributed by atoms with Gasteiger partial charge in [-0.25, -0.2) is 9.18 Å². The maximum atomic E-state index is 13.7. The maximum absolute atomic E-state index is 13.7. The van der Waals surface area contributed by atoms with Crippen molar-refractivity contribution in [2.75, 3.05) is 12.5 Å². The van der Waals surface area contributed by atoms with Gasteiger partial charge in [-0.3, -0.25) is 9.47 Å². The van der Waals surface area contributed by atoms with E-state index < -0.39 is 51.9 Å². The SMILES string of the molecule is CNn1cc(C(=O)O)c(=O)c2cc(F)c(F)c(OC(F)F)c21. The molecule has 0 amide bonds. The highest BCUT2D eigenvalue weighted by atomic mass is 19.3. The maximum Gasteiger partial charge on any atom is 0.387 e. The Hall–Kier alpha value is -2.78. The Balaban J connectivity index is 3.01. The fraction of sp³-hybridized carbons (Fsp3) is 0.167. The van der Waals surface area contributed by atoms with E-state index in [4.69, 9.17) is 5.11 Å². The van der Waals surface area contributed by atoms with Gasteiger partial charge in [-0.1, -0.05) is 0 Å². The van der Waals surface area contributed by atoms with Gasteiger partial charge < -0.3 is 15.3 Å². The van der Waals surface area contributed by atoms with Gasteiger partial charge in [0.15, 0.2) is 11.6 Å². The lowest BCUT2D eigenvalue weighted by Gasteiger charge is -2.16. The number of nitrogens with one attached hydrogen (secondary N) is 1. The van der Waals surface area contributed by atoms with Gasteiger partial charge in [0.05, 0.1) is 5.39 Å². The number of carboxylic acids is 1. The van der Waals surface area contributed by atoms with Crippen LogP contribution in [-0.2, 0) is 0 Å². The number of hydrogen-bond donors (Lipinski definition) is 2. The van der Waals surface area contributed by atoms with Gasteiger partial charge in [0, 0.05) is 13.2 Å². The van der Waals surface area contributed by atoms with E-state index in [1.54, 1.807) is 0 Å². The molecule has 2 N–H and O–H groups in total. The molecule has 22 heavy (non-hydrogen) atoms. The van der Waals surface area contributed by atoms with Crippen LogP contribution in [0.3, 0.4) is 0 Å². The molecule has 1 aromatic carbocycles. The van der Waals surface area contributed by atoms with E-state index in [-0.39, 0.29) is 0 Å². The number of halogens is 4. The summed E-state index contributed by atoms with van der Waals surface area (Å²) < 4.78 is 56.7. The zero-order valence-corrected chi connectivity index (χ0v) is 10.9. The third-order valence-corrected chi connectivity index (χ3v) is 2.82. The molecule has 0 aliphatic heterocycles. The molecule has 0 aliphatic carbocycles. The van der Waals surface area contributed by atoms with Gasteiger partial charge in [-0.05, 0) is 6.07 Å². The molecule has 0 radical (unpaired) electrons. The number of carbonyl (C=O) groups is 1. The number of aromatic carboxylic acids is 1. The molecule has 0 unspecified atom stereocenters. The average Bonchev–Trinajstić information content (AvgIpc) is 2.44. The number of rotatable bonds is 4. The minimum Gasteiger partial charge on any atom is -0.477 e. The summed E-state index contributed by atoms with van der Waals surface area (Å²) in [6.45, 7) is -3.47. The second-order valence-electron chi connectivity index (χ2n) is 4.05. The standard InChI is InChI=1S/C12H8F4N2O4/c1-17-18-3-5(11(20)21)9(19)4-2-6(13)7(14)10(8(4)18)22-12(15)16/h2-3,12,17H,1H3,(H,20,21). The van der Waals surface area contributed by atoms with Crippen molar-refractivity contribution in [1.29, 1.82) is 0 Å². The molecule has 1 heterocycles. The number of aromatic nitrogens is 1. The normalized spacial score (nSPS) is 11.0. The van der Waals surface area contributed by atoms with E-state index in [9.17, 15) is 27.2 Å². The molecule has 0 saturated carbocycles. The summed E-state index contributed by atoms with van der Waals surface area (Å²) in [5, 5.41) is 8.30. The van der Waals surface area contributed by atoms with Crippen LogP contribution in [0.25, 0.3) is 10.9 Å². The third kappa shape index (κ3) is 2.43. The summed E-state index contributed by atoms with van der Waals surface area (Å²) in [6.07, 6.45) is 0.753. The van der Waals surface area contributed by atoms with Crippen molar-refractivity contribution in [3.8, 4) is 5.75 Å². The molecule has 6 nitrogen and oxygen atoms in total. The molecule has 0 bridgehead atoms. The summed E-state index contributed by atoms with van der Waals surface area (Å²) in [5.41, 5.74) is -0.106. The first-order valence-electron chi connectivity index (χ1n) is 5.71. The lowest BCUT2D eigenvalue weighted by Crippen LogP contribution is -2.23. The number of fused-ring (bicyclic) bond motifs is 1. The number of alkyl halides is 2. The van der Waals surface area contributed by atoms with Gasteiger partial charge in [-0.15, -0.1) is 0 Å². The van der Waals surface area contributed by atoms with Crippen molar-refractivity contribution >= 4 is 16.9 Å². The number of nitrogens with zero attached hydrogens (tertiary/aromatic N) is 1. The van der Waals surface area contributed by atoms with Crippen LogP contribution in [0.15, 0.2) is 17.1 Å². The van der Waals surface area contributed by atoms with E-state index in [0.717, 1.165) is 10.9 Å². The van der Waals surface area contributed by atoms with Gasteiger partial charge in [0.2, 0.25) is 11.2 Å². The summed E-state index contributed by atoms with van der Waals surface area (Å²) in [6, 6.07) is 0.422. The number of benzene rings is 1. The number of ether oxygens (including phenoxy) is 1. The van der Waals surface area contributed by atoms with E-state index in [1.165, 1.54) is 7.05 Å². The molecule has 118 valence electrons. The van der Waals surface area contributed by atoms with Gasteiger partial charge in [0.25, 0.3) is 0 Å². The number of pyridine rings is 1. The van der Waals surface area contributed by atoms with Crippen molar-refractivity contribution in [1.82, 2.24) is 4.68 Å². The third-order valence-electron chi connectivity index (χ3n) is 2.82. The van der Waals surface area contributed by atoms with Crippen LogP contribution >= 0.6 is 0 Å². The molecule has 0 aliphatic rings. The Labute approximate surface area is 119 Å². The topological polar surface area (TPSA) is 80.6 Å². The molecule has 2 rings (SSSR count). The highest BCUT2D eigenvalue weighted by molar-refractivity contribution is 5.94. The Kier molecular flexibility index (Phi) is 3.93. The highest BCUT2D eigenvalue weighted by Gasteiger charge is 2.24. The summed E-state index contributed by atoms with van der Waals surface area (Å²) in [5.74, 6) is -6.16. The Morgan fingerprint density at radius 1 is 1.41 bits per heavy atom. The van der Waals surface area contributed by atoms with Crippen LogP contribution in [-0.4, -0.2) is 29.4 Å². The molecular formula is C12H8F4N2O4. The molecule has 1 aromatic heterocycles. The zero-order chi connectivity index (χ0) is 16.6. The first-order valence-corrected chi connectivity index (χ1v) is 5.71. The van der Waals surface area contributed by atoms with Gasteiger partial charge in [-0.2, -0.15) is 13.2 Å². The summed E-state index contributed by atoms with van der Waals surface area (Å²) in [4.78, 5) is 23.0. The average molecular weight is 320 g/mol. The molecule has 0 atom stereocenters. The fourth-order valence-electron chi connectivity index (χ4n) is 1.93. The van der Waals surface area contributed by atoms with Gasteiger partial charge in [0.1, 0.15) is 11.1 Å². The van der Waals surface area contributed by atoms with E-state index >= 15 is 0 Å². The lowest BCUT2D eigenvalue weighted by atomic mass is 10.1. The van der Waals surface area contributed by atoms with E-state index in [0.29, 0.717) is 6.07 Å². The van der Waals surface area contributed by atoms with E-state index in [2.05, 4.69) is 10.2 Å². The number of hydrogen-bond acceptors (Lipinski definition) is 4. The van der Waals surface area contributed by atoms with Crippen LogP contribution in [0, 0.1) is 11.6 Å². The molecule has 0 spiro atoms. The van der Waals surface area contributed by atoms with Crippen molar-refractivity contribution in [3.05, 3.63) is 39.7 Å². The van der Waals surface area contributed by atoms with E-state index in [1.807, 2.05) is 0 Å². The Morgan fingerprint density at radius 2 is 2.05 bits per heavy atom. The lowest BCUT2D eigenvalue weighted by molar-refractivity contribution is -0.0516. The van der Waals surface area contributed by atoms with Crippen LogP contribution in [0.1, 0.15) is 10.4 Å². The van der Waals surface area contributed by atoms with Crippen LogP contribution in [0.5, 0.6) is 5.75 Å². The van der Waals surface area contributed by atoms with Crippen molar-refractivity contribution in [2.24, 2.45) is 0 Å². The monoisotopic (exact) mass is 320 g/mol. The molecule has 0 saturated heterocycles. The predicted molar refractivity (Wildman–Crippen MR) is 67.0 cm³/mol. The quantitative estimate of drug-likeness (QED) is 0.839. The minimum atomic E-state index is -3.47. The van der Waals surface area contributed by atoms with Crippen LogP contribution < -0.4 is 15.6 Å². The molecule has 10 heteroatoms. The smallest absolute Gasteiger partial charge is 0.387 e. The van der Waals surface area contributed by atoms with Crippen molar-refractivity contribution in [2.45, 2.75) is 6.61 Å². The Morgan fingerprint density at radius 3 is 2.55 bits per heavy atom. The summed E-state index contributed by atoms with van der Waals surface area (Å²) in [7, 11) is 1.25. The first-order chi connectivity index (χ1) is 10.3. The zero-order valence-electron chi connectivity index (χ0n) is 10.9. The van der Waals surface area contributed by atoms with Gasteiger partial charge >= 0.3 is 12.6 Å². The second-order valence-corrected chi connectivity index (χ2v) is 4.05. The first kappa shape index (κ1) is 15.6. The van der Waals surface area contributed by atoms with Crippen molar-refractivity contribution in [3.63, 3.8) is 0 Å². The summed E-state index contributed by atoms with van der Waals surface area (Å²) >= 11 is 0. The fourth-order valence-corrected chi connectivity index (χ4v) is 1.93. The molecule has 0 fully saturated rings. The van der Waals surface area contributed by atoms with Crippen LogP contribution in [0.4, 0.5) is 17.6 Å². The van der Waals surface area contributed by atoms with Crippen molar-refractivity contribution < 1.29 is 32.2 Å². The minimum absolute atomic E-state index is 0.422. The largest absolute Gasteiger partial charge is 0.477 e. The second kappa shape index (κ2) is 5.54. The highest BCUT2D eigenvalue weighted by Crippen LogP contribution is 2.30. The Bertz CT molecular complexity index is 819. The van der Waals surface area contributed by atoms with Crippen LogP contribution in [0.2, 0.25) is 0 Å². The number of carboxylic acid groups (broad SMARTS) is 1.